The van der Waals surface area contributed by atoms with E-state index in [-0.39, 0.29) is 5.54 Å². The Labute approximate surface area is 152 Å². The molecular weight excluding hydrogens is 334 g/mol. The van der Waals surface area contributed by atoms with E-state index in [1.54, 1.807) is 0 Å². The second-order valence-electron chi connectivity index (χ2n) is 6.67. The highest BCUT2D eigenvalue weighted by Crippen LogP contribution is 2.41. The lowest BCUT2D eigenvalue weighted by atomic mass is 9.95. The van der Waals surface area contributed by atoms with Crippen molar-refractivity contribution in [2.24, 2.45) is 0 Å². The average Bonchev–Trinajstić information content (AvgIpc) is 3.28. The zero-order valence-electron chi connectivity index (χ0n) is 14.1. The lowest BCUT2D eigenvalue weighted by Crippen LogP contribution is -2.35. The number of hydrogen-bond donors (Lipinski definition) is 1. The zero-order chi connectivity index (χ0) is 17.3. The first-order valence-corrected chi connectivity index (χ1v) is 8.94. The summed E-state index contributed by atoms with van der Waals surface area (Å²) >= 11 is 6.02. The van der Waals surface area contributed by atoms with Crippen molar-refractivity contribution in [2.75, 3.05) is 5.32 Å². The van der Waals surface area contributed by atoms with Gasteiger partial charge in [-0.2, -0.15) is 4.68 Å². The summed E-state index contributed by atoms with van der Waals surface area (Å²) in [7, 11) is 0. The maximum absolute atomic E-state index is 6.02. The number of nitrogens with zero attached hydrogens (tertiary/aromatic N) is 4. The average molecular weight is 354 g/mol. The molecule has 25 heavy (non-hydrogen) atoms. The van der Waals surface area contributed by atoms with Crippen molar-refractivity contribution in [3.63, 3.8) is 0 Å². The third-order valence-electron chi connectivity index (χ3n) is 4.86. The van der Waals surface area contributed by atoms with E-state index >= 15 is 0 Å². The fourth-order valence-electron chi connectivity index (χ4n) is 3.54. The molecule has 1 aliphatic rings. The van der Waals surface area contributed by atoms with Gasteiger partial charge in [0.05, 0.1) is 11.2 Å². The number of hydrogen-bond acceptors (Lipinski definition) is 4. The normalized spacial score (nSPS) is 16.1. The minimum Gasteiger partial charge on any atom is -0.373 e. The van der Waals surface area contributed by atoms with Crippen LogP contribution in [0.15, 0.2) is 48.5 Å². The van der Waals surface area contributed by atoms with E-state index in [2.05, 4.69) is 52.0 Å². The Hall–Kier alpha value is -2.40. The Balaban J connectivity index is 1.73. The van der Waals surface area contributed by atoms with Crippen molar-refractivity contribution in [1.29, 1.82) is 0 Å². The van der Waals surface area contributed by atoms with Crippen molar-refractivity contribution in [1.82, 2.24) is 20.2 Å². The molecule has 1 heterocycles. The van der Waals surface area contributed by atoms with E-state index in [0.29, 0.717) is 0 Å². The van der Waals surface area contributed by atoms with Gasteiger partial charge in [-0.25, -0.2) is 0 Å². The molecule has 0 spiro atoms. The number of rotatable bonds is 4. The maximum Gasteiger partial charge on any atom is 0.181 e. The lowest BCUT2D eigenvalue weighted by Gasteiger charge is -2.30. The fourth-order valence-corrected chi connectivity index (χ4v) is 3.66. The molecule has 0 aliphatic heterocycles. The molecule has 1 aromatic heterocycles. The van der Waals surface area contributed by atoms with Crippen molar-refractivity contribution in [3.05, 3.63) is 64.9 Å². The Morgan fingerprint density at radius 3 is 2.36 bits per heavy atom. The van der Waals surface area contributed by atoms with Crippen molar-refractivity contribution in [2.45, 2.75) is 38.1 Å². The molecule has 1 N–H and O–H groups in total. The second-order valence-corrected chi connectivity index (χ2v) is 7.11. The van der Waals surface area contributed by atoms with Crippen LogP contribution < -0.4 is 5.32 Å². The molecule has 4 rings (SSSR count). The molecule has 0 atom stereocenters. The van der Waals surface area contributed by atoms with Gasteiger partial charge in [0, 0.05) is 10.7 Å². The number of halogens is 1. The lowest BCUT2D eigenvalue weighted by molar-refractivity contribution is 0.461. The summed E-state index contributed by atoms with van der Waals surface area (Å²) in [6, 6.07) is 16.1. The van der Waals surface area contributed by atoms with Crippen molar-refractivity contribution >= 4 is 17.3 Å². The smallest absolute Gasteiger partial charge is 0.181 e. The van der Waals surface area contributed by atoms with Gasteiger partial charge in [0.15, 0.2) is 5.82 Å². The number of anilines is 1. The summed E-state index contributed by atoms with van der Waals surface area (Å²) in [6.45, 7) is 2.07. The molecular formula is C19H20ClN5. The standard InChI is InChI=1S/C19H20ClN5/c1-14-4-10-17(11-5-14)25-18(22-23-24-25)19(12-2-3-13-19)21-16-8-6-15(20)7-9-16/h4-11,21H,2-3,12-13H2,1H3. The largest absolute Gasteiger partial charge is 0.373 e. The van der Waals surface area contributed by atoms with E-state index in [1.807, 2.05) is 28.9 Å². The highest BCUT2D eigenvalue weighted by Gasteiger charge is 2.40. The fraction of sp³-hybridized carbons (Fsp3) is 0.316. The first kappa shape index (κ1) is 16.1. The van der Waals surface area contributed by atoms with Crippen LogP contribution in [0.2, 0.25) is 5.02 Å². The maximum atomic E-state index is 6.02. The van der Waals surface area contributed by atoms with Crippen LogP contribution in [0.3, 0.4) is 0 Å². The van der Waals surface area contributed by atoms with Gasteiger partial charge in [-0.1, -0.05) is 42.1 Å². The van der Waals surface area contributed by atoms with Crippen LogP contribution >= 0.6 is 11.6 Å². The predicted octanol–water partition coefficient (Wildman–Crippen LogP) is 4.51. The van der Waals surface area contributed by atoms with E-state index < -0.39 is 0 Å². The molecule has 3 aromatic rings. The van der Waals surface area contributed by atoms with Crippen LogP contribution in [0.1, 0.15) is 37.1 Å². The van der Waals surface area contributed by atoms with Crippen LogP contribution in [0.4, 0.5) is 5.69 Å². The topological polar surface area (TPSA) is 55.6 Å². The first-order chi connectivity index (χ1) is 12.2. The zero-order valence-corrected chi connectivity index (χ0v) is 14.9. The molecule has 1 saturated carbocycles. The molecule has 1 aliphatic carbocycles. The minimum absolute atomic E-state index is 0.262. The van der Waals surface area contributed by atoms with Gasteiger partial charge in [0.1, 0.15) is 0 Å². The van der Waals surface area contributed by atoms with Crippen LogP contribution in [-0.2, 0) is 5.54 Å². The summed E-state index contributed by atoms with van der Waals surface area (Å²) < 4.78 is 1.85. The molecule has 0 bridgehead atoms. The number of nitrogens with one attached hydrogen (secondary N) is 1. The molecule has 128 valence electrons. The van der Waals surface area contributed by atoms with Crippen LogP contribution in [0.25, 0.3) is 5.69 Å². The van der Waals surface area contributed by atoms with Gasteiger partial charge in [-0.3, -0.25) is 0 Å². The van der Waals surface area contributed by atoms with Gasteiger partial charge in [-0.05, 0) is 66.6 Å². The summed E-state index contributed by atoms with van der Waals surface area (Å²) in [5, 5.41) is 17.0. The van der Waals surface area contributed by atoms with Gasteiger partial charge < -0.3 is 5.32 Å². The van der Waals surface area contributed by atoms with Gasteiger partial charge in [0.25, 0.3) is 0 Å². The SMILES string of the molecule is Cc1ccc(-n2nnnc2C2(Nc3ccc(Cl)cc3)CCCC2)cc1. The van der Waals surface area contributed by atoms with Crippen LogP contribution in [0.5, 0.6) is 0 Å². The number of aromatic nitrogens is 4. The van der Waals surface area contributed by atoms with Gasteiger partial charge >= 0.3 is 0 Å². The Morgan fingerprint density at radius 2 is 1.68 bits per heavy atom. The summed E-state index contributed by atoms with van der Waals surface area (Å²) in [6.07, 6.45) is 4.31. The molecule has 1 fully saturated rings. The summed E-state index contributed by atoms with van der Waals surface area (Å²) in [5.74, 6) is 0.865. The van der Waals surface area contributed by atoms with E-state index in [0.717, 1.165) is 47.9 Å². The van der Waals surface area contributed by atoms with E-state index in [1.165, 1.54) is 5.56 Å². The Morgan fingerprint density at radius 1 is 1.00 bits per heavy atom. The molecule has 5 nitrogen and oxygen atoms in total. The highest BCUT2D eigenvalue weighted by molar-refractivity contribution is 6.30. The monoisotopic (exact) mass is 353 g/mol. The predicted molar refractivity (Wildman–Crippen MR) is 99.1 cm³/mol. The third-order valence-corrected chi connectivity index (χ3v) is 5.11. The number of aryl methyl sites for hydroxylation is 1. The second kappa shape index (κ2) is 6.48. The van der Waals surface area contributed by atoms with Crippen molar-refractivity contribution in [3.8, 4) is 5.69 Å². The highest BCUT2D eigenvalue weighted by atomic mass is 35.5. The minimum atomic E-state index is -0.262. The summed E-state index contributed by atoms with van der Waals surface area (Å²) in [4.78, 5) is 0. The van der Waals surface area contributed by atoms with E-state index in [4.69, 9.17) is 11.6 Å². The van der Waals surface area contributed by atoms with Crippen LogP contribution in [0, 0.1) is 6.92 Å². The van der Waals surface area contributed by atoms with Gasteiger partial charge in [0.2, 0.25) is 0 Å². The Kier molecular flexibility index (Phi) is 4.17. The molecule has 6 heteroatoms. The molecule has 2 aromatic carbocycles. The molecule has 0 saturated heterocycles. The van der Waals surface area contributed by atoms with Gasteiger partial charge in [-0.15, -0.1) is 5.10 Å². The Bertz CT molecular complexity index is 848. The first-order valence-electron chi connectivity index (χ1n) is 8.56. The molecule has 0 amide bonds. The third kappa shape index (κ3) is 3.12. The molecule has 0 radical (unpaired) electrons. The number of tetrazole rings is 1. The number of benzene rings is 2. The van der Waals surface area contributed by atoms with E-state index in [9.17, 15) is 0 Å². The quantitative estimate of drug-likeness (QED) is 0.750. The van der Waals surface area contributed by atoms with Crippen LogP contribution in [-0.4, -0.2) is 20.2 Å². The van der Waals surface area contributed by atoms with Crippen molar-refractivity contribution < 1.29 is 0 Å². The molecule has 0 unspecified atom stereocenters. The summed E-state index contributed by atoms with van der Waals surface area (Å²) in [5.41, 5.74) is 2.97.